The zero-order valence-corrected chi connectivity index (χ0v) is 15.5. The Morgan fingerprint density at radius 3 is 2.80 bits per heavy atom. The van der Waals surface area contributed by atoms with Crippen molar-refractivity contribution in [3.63, 3.8) is 0 Å². The van der Waals surface area contributed by atoms with Crippen molar-refractivity contribution in [3.05, 3.63) is 29.7 Å². The van der Waals surface area contributed by atoms with E-state index in [1.165, 1.54) is 0 Å². The molecule has 0 radical (unpaired) electrons. The predicted octanol–water partition coefficient (Wildman–Crippen LogP) is 2.85. The summed E-state index contributed by atoms with van der Waals surface area (Å²) in [6.07, 6.45) is 1.14. The summed E-state index contributed by atoms with van der Waals surface area (Å²) in [5.41, 5.74) is 1.89. The standard InChI is InChI=1S/C19H27N3O3/c1-5-15-11-22(9-8-20-15)12-16-13(2)25-19(21-16)14-6-7-17(23-3)18(10-14)24-4/h6-7,10,15,20H,5,8-9,11-12H2,1-4H3/t15-/m0/s1. The van der Waals surface area contributed by atoms with Crippen LogP contribution in [0.1, 0.15) is 24.8 Å². The molecule has 6 nitrogen and oxygen atoms in total. The van der Waals surface area contributed by atoms with Gasteiger partial charge in [-0.05, 0) is 31.5 Å². The highest BCUT2D eigenvalue weighted by Crippen LogP contribution is 2.32. The van der Waals surface area contributed by atoms with Crippen LogP contribution in [-0.2, 0) is 6.54 Å². The fraction of sp³-hybridized carbons (Fsp3) is 0.526. The van der Waals surface area contributed by atoms with Crippen molar-refractivity contribution in [2.45, 2.75) is 32.9 Å². The molecule has 1 aliphatic heterocycles. The number of aryl methyl sites for hydroxylation is 1. The number of nitrogens with zero attached hydrogens (tertiary/aromatic N) is 2. The van der Waals surface area contributed by atoms with Crippen molar-refractivity contribution in [2.75, 3.05) is 33.9 Å². The number of aromatic nitrogens is 1. The molecule has 2 aromatic rings. The Hall–Kier alpha value is -2.05. The molecule has 3 rings (SSSR count). The first-order valence-electron chi connectivity index (χ1n) is 8.79. The zero-order chi connectivity index (χ0) is 17.8. The number of hydrogen-bond donors (Lipinski definition) is 1. The molecule has 25 heavy (non-hydrogen) atoms. The first-order chi connectivity index (χ1) is 12.1. The summed E-state index contributed by atoms with van der Waals surface area (Å²) in [5.74, 6) is 2.86. The van der Waals surface area contributed by atoms with Gasteiger partial charge >= 0.3 is 0 Å². The summed E-state index contributed by atoms with van der Waals surface area (Å²) in [7, 11) is 3.25. The van der Waals surface area contributed by atoms with Crippen LogP contribution in [-0.4, -0.2) is 49.8 Å². The average molecular weight is 345 g/mol. The van der Waals surface area contributed by atoms with Crippen molar-refractivity contribution in [2.24, 2.45) is 0 Å². The third-order valence-electron chi connectivity index (χ3n) is 4.73. The largest absolute Gasteiger partial charge is 0.493 e. The van der Waals surface area contributed by atoms with Gasteiger partial charge in [0.15, 0.2) is 11.5 Å². The molecule has 136 valence electrons. The summed E-state index contributed by atoms with van der Waals surface area (Å²) in [6, 6.07) is 6.27. The van der Waals surface area contributed by atoms with Gasteiger partial charge in [-0.1, -0.05) is 6.92 Å². The Morgan fingerprint density at radius 1 is 1.28 bits per heavy atom. The molecule has 1 saturated heterocycles. The first-order valence-corrected chi connectivity index (χ1v) is 8.79. The van der Waals surface area contributed by atoms with Gasteiger partial charge in [-0.3, -0.25) is 4.90 Å². The number of rotatable bonds is 6. The van der Waals surface area contributed by atoms with Crippen LogP contribution in [0, 0.1) is 6.92 Å². The maximum absolute atomic E-state index is 5.92. The Morgan fingerprint density at radius 2 is 2.08 bits per heavy atom. The van der Waals surface area contributed by atoms with Gasteiger partial charge in [0.2, 0.25) is 5.89 Å². The SMILES string of the molecule is CC[C@H]1CN(Cc2nc(-c3ccc(OC)c(OC)c3)oc2C)CCN1. The van der Waals surface area contributed by atoms with Crippen molar-refractivity contribution in [1.29, 1.82) is 0 Å². The van der Waals surface area contributed by atoms with E-state index >= 15 is 0 Å². The summed E-state index contributed by atoms with van der Waals surface area (Å²) in [6.45, 7) is 8.13. The summed E-state index contributed by atoms with van der Waals surface area (Å²) >= 11 is 0. The molecule has 2 heterocycles. The van der Waals surface area contributed by atoms with Crippen molar-refractivity contribution < 1.29 is 13.9 Å². The molecule has 1 N–H and O–H groups in total. The van der Waals surface area contributed by atoms with E-state index in [4.69, 9.17) is 18.9 Å². The van der Waals surface area contributed by atoms with Crippen LogP contribution in [0.5, 0.6) is 11.5 Å². The molecular formula is C19H27N3O3. The van der Waals surface area contributed by atoms with Gasteiger partial charge in [0, 0.05) is 37.8 Å². The van der Waals surface area contributed by atoms with Crippen LogP contribution in [0.3, 0.4) is 0 Å². The average Bonchev–Trinajstić information content (AvgIpc) is 3.01. The third-order valence-corrected chi connectivity index (χ3v) is 4.73. The normalized spacial score (nSPS) is 18.3. The Bertz CT molecular complexity index is 714. The maximum atomic E-state index is 5.92. The molecule has 0 amide bonds. The molecule has 1 fully saturated rings. The lowest BCUT2D eigenvalue weighted by molar-refractivity contribution is 0.187. The first kappa shape index (κ1) is 17.8. The Kier molecular flexibility index (Phi) is 5.60. The molecule has 6 heteroatoms. The van der Waals surface area contributed by atoms with Crippen LogP contribution < -0.4 is 14.8 Å². The topological polar surface area (TPSA) is 59.8 Å². The van der Waals surface area contributed by atoms with Gasteiger partial charge in [-0.15, -0.1) is 0 Å². The van der Waals surface area contributed by atoms with Crippen LogP contribution in [0.2, 0.25) is 0 Å². The van der Waals surface area contributed by atoms with E-state index in [0.717, 1.165) is 49.6 Å². The summed E-state index contributed by atoms with van der Waals surface area (Å²) in [5, 5.41) is 3.54. The smallest absolute Gasteiger partial charge is 0.226 e. The minimum Gasteiger partial charge on any atom is -0.493 e. The predicted molar refractivity (Wildman–Crippen MR) is 97.1 cm³/mol. The molecule has 1 aliphatic rings. The quantitative estimate of drug-likeness (QED) is 0.869. The maximum Gasteiger partial charge on any atom is 0.226 e. The van der Waals surface area contributed by atoms with Gasteiger partial charge in [0.05, 0.1) is 19.9 Å². The van der Waals surface area contributed by atoms with E-state index in [9.17, 15) is 0 Å². The fourth-order valence-electron chi connectivity index (χ4n) is 3.19. The van der Waals surface area contributed by atoms with Gasteiger partial charge in [-0.2, -0.15) is 0 Å². The number of piperazine rings is 1. The fourth-order valence-corrected chi connectivity index (χ4v) is 3.19. The number of methoxy groups -OCH3 is 2. The third kappa shape index (κ3) is 3.96. The number of benzene rings is 1. The van der Waals surface area contributed by atoms with Crippen molar-refractivity contribution >= 4 is 0 Å². The second-order valence-corrected chi connectivity index (χ2v) is 6.39. The molecular weight excluding hydrogens is 318 g/mol. The Labute approximate surface area is 149 Å². The van der Waals surface area contributed by atoms with E-state index in [-0.39, 0.29) is 0 Å². The van der Waals surface area contributed by atoms with E-state index < -0.39 is 0 Å². The van der Waals surface area contributed by atoms with Gasteiger partial charge < -0.3 is 19.2 Å². The van der Waals surface area contributed by atoms with Crippen LogP contribution in [0.25, 0.3) is 11.5 Å². The second-order valence-electron chi connectivity index (χ2n) is 6.39. The number of hydrogen-bond acceptors (Lipinski definition) is 6. The highest BCUT2D eigenvalue weighted by Gasteiger charge is 2.21. The van der Waals surface area contributed by atoms with E-state index in [1.54, 1.807) is 14.2 Å². The number of nitrogens with one attached hydrogen (secondary N) is 1. The second kappa shape index (κ2) is 7.89. The minimum absolute atomic E-state index is 0.561. The lowest BCUT2D eigenvalue weighted by Crippen LogP contribution is -2.49. The zero-order valence-electron chi connectivity index (χ0n) is 15.5. The van der Waals surface area contributed by atoms with E-state index in [1.807, 2.05) is 25.1 Å². The summed E-state index contributed by atoms with van der Waals surface area (Å²) in [4.78, 5) is 7.17. The Balaban J connectivity index is 1.78. The molecule has 0 bridgehead atoms. The molecule has 0 unspecified atom stereocenters. The molecule has 1 aromatic heterocycles. The van der Waals surface area contributed by atoms with Gasteiger partial charge in [-0.25, -0.2) is 4.98 Å². The number of oxazole rings is 1. The molecule has 0 spiro atoms. The van der Waals surface area contributed by atoms with Crippen molar-refractivity contribution in [1.82, 2.24) is 15.2 Å². The van der Waals surface area contributed by atoms with E-state index in [2.05, 4.69) is 17.1 Å². The molecule has 0 aliphatic carbocycles. The van der Waals surface area contributed by atoms with Gasteiger partial charge in [0.25, 0.3) is 0 Å². The lowest BCUT2D eigenvalue weighted by Gasteiger charge is -2.32. The number of ether oxygens (including phenoxy) is 2. The van der Waals surface area contributed by atoms with Crippen molar-refractivity contribution in [3.8, 4) is 23.0 Å². The van der Waals surface area contributed by atoms with Gasteiger partial charge in [0.1, 0.15) is 5.76 Å². The van der Waals surface area contributed by atoms with Crippen LogP contribution in [0.15, 0.2) is 22.6 Å². The molecule has 1 aromatic carbocycles. The minimum atomic E-state index is 0.561. The highest BCUT2D eigenvalue weighted by atomic mass is 16.5. The monoisotopic (exact) mass is 345 g/mol. The van der Waals surface area contributed by atoms with Crippen LogP contribution in [0.4, 0.5) is 0 Å². The lowest BCUT2D eigenvalue weighted by atomic mass is 10.1. The summed E-state index contributed by atoms with van der Waals surface area (Å²) < 4.78 is 16.6. The molecule has 0 saturated carbocycles. The van der Waals surface area contributed by atoms with E-state index in [0.29, 0.717) is 23.4 Å². The molecule has 1 atom stereocenters. The highest BCUT2D eigenvalue weighted by molar-refractivity contribution is 5.60. The van der Waals surface area contributed by atoms with Crippen LogP contribution >= 0.6 is 0 Å².